The van der Waals surface area contributed by atoms with Crippen LogP contribution in [0.2, 0.25) is 0 Å². The molecule has 6 rings (SSSR count). The first kappa shape index (κ1) is 35.4. The second-order valence-electron chi connectivity index (χ2n) is 13.4. The van der Waals surface area contributed by atoms with E-state index in [-0.39, 0.29) is 12.2 Å². The zero-order valence-corrected chi connectivity index (χ0v) is 29.8. The zero-order valence-electron chi connectivity index (χ0n) is 29.8. The molecule has 7 nitrogen and oxygen atoms in total. The van der Waals surface area contributed by atoms with Crippen LogP contribution < -0.4 is 15.0 Å². The van der Waals surface area contributed by atoms with Crippen molar-refractivity contribution < 1.29 is 19.0 Å². The number of hydrogen-bond acceptors (Lipinski definition) is 6. The fourth-order valence-corrected chi connectivity index (χ4v) is 6.71. The molecule has 2 aliphatic rings. The summed E-state index contributed by atoms with van der Waals surface area (Å²) in [6.45, 7) is 8.83. The van der Waals surface area contributed by atoms with E-state index in [1.807, 2.05) is 37.3 Å². The normalized spacial score (nSPS) is 15.6. The summed E-state index contributed by atoms with van der Waals surface area (Å²) in [5.74, 6) is 0.714. The Morgan fingerprint density at radius 1 is 0.940 bits per heavy atom. The Bertz CT molecular complexity index is 1700. The molecule has 0 bridgehead atoms. The van der Waals surface area contributed by atoms with Crippen molar-refractivity contribution in [1.82, 2.24) is 4.90 Å². The molecule has 1 atom stereocenters. The second kappa shape index (κ2) is 17.5. The van der Waals surface area contributed by atoms with Gasteiger partial charge >= 0.3 is 0 Å². The molecule has 7 heteroatoms. The molecule has 262 valence electrons. The minimum absolute atomic E-state index is 0.0632. The molecule has 1 N–H and O–H groups in total. The van der Waals surface area contributed by atoms with Crippen molar-refractivity contribution in [1.29, 1.82) is 0 Å². The Balaban J connectivity index is 1.18. The molecular weight excluding hydrogens is 622 g/mol. The van der Waals surface area contributed by atoms with Gasteiger partial charge in [0.1, 0.15) is 5.75 Å². The maximum Gasteiger partial charge on any atom is 0.251 e. The molecule has 0 radical (unpaired) electrons. The third-order valence-corrected chi connectivity index (χ3v) is 9.66. The van der Waals surface area contributed by atoms with E-state index in [9.17, 15) is 4.79 Å². The van der Waals surface area contributed by atoms with E-state index in [0.717, 1.165) is 97.9 Å². The van der Waals surface area contributed by atoms with Crippen molar-refractivity contribution in [3.05, 3.63) is 119 Å². The van der Waals surface area contributed by atoms with Crippen LogP contribution in [0.1, 0.15) is 62.6 Å². The van der Waals surface area contributed by atoms with Gasteiger partial charge < -0.3 is 24.4 Å². The van der Waals surface area contributed by atoms with Crippen LogP contribution in [0.4, 0.5) is 11.4 Å². The minimum atomic E-state index is -0.299. The average molecular weight is 674 g/mol. The van der Waals surface area contributed by atoms with Crippen molar-refractivity contribution in [2.75, 3.05) is 43.6 Å². The molecular formula is C43H51N3O4. The van der Waals surface area contributed by atoms with Gasteiger partial charge in [0.05, 0.1) is 6.61 Å². The molecule has 2 aliphatic heterocycles. The molecule has 0 saturated carbocycles. The summed E-state index contributed by atoms with van der Waals surface area (Å²) in [6.07, 6.45) is 6.67. The van der Waals surface area contributed by atoms with Crippen molar-refractivity contribution in [3.8, 4) is 16.9 Å². The predicted octanol–water partition coefficient (Wildman–Crippen LogP) is 8.94. The summed E-state index contributed by atoms with van der Waals surface area (Å²) in [4.78, 5) is 18.6. The molecule has 0 spiro atoms. The first-order valence-electron chi connectivity index (χ1n) is 18.2. The second-order valence-corrected chi connectivity index (χ2v) is 13.4. The predicted molar refractivity (Wildman–Crippen MR) is 203 cm³/mol. The van der Waals surface area contributed by atoms with Crippen LogP contribution >= 0.6 is 0 Å². The fraction of sp³-hybridized carbons (Fsp3) is 0.372. The number of ether oxygens (including phenoxy) is 3. The summed E-state index contributed by atoms with van der Waals surface area (Å²) in [6, 6.07) is 34.0. The summed E-state index contributed by atoms with van der Waals surface area (Å²) in [5.41, 5.74) is 8.37. The van der Waals surface area contributed by atoms with Crippen molar-refractivity contribution in [2.24, 2.45) is 0 Å². The van der Waals surface area contributed by atoms with Crippen molar-refractivity contribution in [3.63, 3.8) is 0 Å². The highest BCUT2D eigenvalue weighted by Crippen LogP contribution is 2.34. The van der Waals surface area contributed by atoms with E-state index in [2.05, 4.69) is 102 Å². The molecule has 4 aromatic rings. The molecule has 0 aromatic heterocycles. The van der Waals surface area contributed by atoms with Crippen molar-refractivity contribution in [2.45, 2.75) is 71.4 Å². The van der Waals surface area contributed by atoms with Gasteiger partial charge in [0.15, 0.2) is 6.29 Å². The Kier molecular flexibility index (Phi) is 12.4. The first-order chi connectivity index (χ1) is 24.4. The number of carbonyl (C=O) groups is 1. The molecule has 1 amide bonds. The summed E-state index contributed by atoms with van der Waals surface area (Å²) >= 11 is 0. The lowest BCUT2D eigenvalue weighted by Gasteiger charge is -2.31. The van der Waals surface area contributed by atoms with Gasteiger partial charge in [0, 0.05) is 55.8 Å². The number of carbonyl (C=O) groups excluding carboxylic acids is 1. The van der Waals surface area contributed by atoms with E-state index in [4.69, 9.17) is 14.2 Å². The van der Waals surface area contributed by atoms with Gasteiger partial charge in [-0.1, -0.05) is 74.0 Å². The van der Waals surface area contributed by atoms with E-state index in [1.165, 1.54) is 11.1 Å². The number of anilines is 2. The van der Waals surface area contributed by atoms with Crippen LogP contribution in [0.15, 0.2) is 103 Å². The van der Waals surface area contributed by atoms with Crippen LogP contribution in [0, 0.1) is 0 Å². The fourth-order valence-electron chi connectivity index (χ4n) is 6.71. The third-order valence-electron chi connectivity index (χ3n) is 9.66. The van der Waals surface area contributed by atoms with Gasteiger partial charge in [0.25, 0.3) is 5.91 Å². The van der Waals surface area contributed by atoms with Crippen molar-refractivity contribution >= 4 is 23.4 Å². The number of benzene rings is 4. The van der Waals surface area contributed by atoms with Crippen LogP contribution in [0.25, 0.3) is 17.2 Å². The van der Waals surface area contributed by atoms with E-state index < -0.39 is 0 Å². The molecule has 2 heterocycles. The summed E-state index contributed by atoms with van der Waals surface area (Å²) < 4.78 is 17.3. The molecule has 1 unspecified atom stereocenters. The maximum absolute atomic E-state index is 13.8. The average Bonchev–Trinajstić information content (AvgIpc) is 3.32. The highest BCUT2D eigenvalue weighted by molar-refractivity contribution is 6.07. The third kappa shape index (κ3) is 9.63. The standard InChI is InChI=1S/C43H51N3O4/c1-4-5-25-49-32(2)50-41-18-13-35(14-19-41)36-15-20-42-38(28-36)29-37(21-24-46(42)31-33-9-7-6-8-10-33)43(47)44-39-16-11-34(12-17-39)30-45(3)40-22-26-48-27-23-40/h6-20,28-29,32,40H,4-5,21-27,30-31H2,1-3H3,(H,44,47). The number of amides is 1. The van der Waals surface area contributed by atoms with Crippen LogP contribution in [0.3, 0.4) is 0 Å². The van der Waals surface area contributed by atoms with E-state index in [1.54, 1.807) is 0 Å². The van der Waals surface area contributed by atoms with Gasteiger partial charge in [-0.3, -0.25) is 9.69 Å². The number of hydrogen-bond donors (Lipinski definition) is 1. The van der Waals surface area contributed by atoms with Crippen LogP contribution in [-0.2, 0) is 27.4 Å². The Morgan fingerprint density at radius 2 is 1.68 bits per heavy atom. The number of nitrogens with one attached hydrogen (secondary N) is 1. The largest absolute Gasteiger partial charge is 0.465 e. The lowest BCUT2D eigenvalue weighted by molar-refractivity contribution is -0.112. The SMILES string of the molecule is CCCCOC(C)Oc1ccc(-c2ccc3c(c2)C=C(C(=O)Nc2ccc(CN(C)C4CCOCC4)cc2)CCN3Cc2ccccc2)cc1. The number of unbranched alkanes of at least 4 members (excludes halogenated alkanes) is 1. The number of fused-ring (bicyclic) bond motifs is 1. The smallest absolute Gasteiger partial charge is 0.251 e. The lowest BCUT2D eigenvalue weighted by atomic mass is 10.00. The molecule has 0 aliphatic carbocycles. The lowest BCUT2D eigenvalue weighted by Crippen LogP contribution is -2.36. The quantitative estimate of drug-likeness (QED) is 0.107. The Hall–Kier alpha value is -4.43. The Morgan fingerprint density at radius 3 is 2.42 bits per heavy atom. The maximum atomic E-state index is 13.8. The summed E-state index contributed by atoms with van der Waals surface area (Å²) in [7, 11) is 2.18. The first-order valence-corrected chi connectivity index (χ1v) is 18.2. The zero-order chi connectivity index (χ0) is 34.7. The topological polar surface area (TPSA) is 63.3 Å². The van der Waals surface area contributed by atoms with Crippen LogP contribution in [-0.4, -0.2) is 56.6 Å². The van der Waals surface area contributed by atoms with Gasteiger partial charge in [-0.15, -0.1) is 0 Å². The highest BCUT2D eigenvalue weighted by Gasteiger charge is 2.22. The van der Waals surface area contributed by atoms with E-state index >= 15 is 0 Å². The summed E-state index contributed by atoms with van der Waals surface area (Å²) in [5, 5.41) is 3.18. The molecule has 1 saturated heterocycles. The molecule has 50 heavy (non-hydrogen) atoms. The van der Waals surface area contributed by atoms with Gasteiger partial charge in [0.2, 0.25) is 0 Å². The highest BCUT2D eigenvalue weighted by atomic mass is 16.7. The number of rotatable bonds is 14. The van der Waals surface area contributed by atoms with Gasteiger partial charge in [-0.25, -0.2) is 0 Å². The Labute approximate surface area is 297 Å². The van der Waals surface area contributed by atoms with Gasteiger partial charge in [-0.2, -0.15) is 0 Å². The van der Waals surface area contributed by atoms with E-state index in [0.29, 0.717) is 19.1 Å². The minimum Gasteiger partial charge on any atom is -0.465 e. The monoisotopic (exact) mass is 673 g/mol. The van der Waals surface area contributed by atoms with Gasteiger partial charge in [-0.05, 0) is 110 Å². The van der Waals surface area contributed by atoms with Crippen LogP contribution in [0.5, 0.6) is 5.75 Å². The number of nitrogens with zero attached hydrogens (tertiary/aromatic N) is 2. The molecule has 4 aromatic carbocycles. The molecule has 1 fully saturated rings.